The van der Waals surface area contributed by atoms with Crippen LogP contribution in [0.3, 0.4) is 0 Å². The number of aromatic nitrogens is 2. The summed E-state index contributed by atoms with van der Waals surface area (Å²) in [5.74, 6) is 1.13. The number of nitrogens with zero attached hydrogens (tertiary/aromatic N) is 5. The van der Waals surface area contributed by atoms with Crippen molar-refractivity contribution in [1.29, 1.82) is 0 Å². The van der Waals surface area contributed by atoms with Crippen LogP contribution in [0.5, 0.6) is 0 Å². The summed E-state index contributed by atoms with van der Waals surface area (Å²) in [6.07, 6.45) is 5.04. The lowest BCUT2D eigenvalue weighted by Crippen LogP contribution is -2.46. The number of piperazine rings is 1. The van der Waals surface area contributed by atoms with Gasteiger partial charge in [-0.05, 0) is 50.8 Å². The van der Waals surface area contributed by atoms with E-state index in [1.807, 2.05) is 4.90 Å². The van der Waals surface area contributed by atoms with Crippen molar-refractivity contribution in [3.63, 3.8) is 0 Å². The number of aryl methyl sites for hydroxylation is 1. The van der Waals surface area contributed by atoms with Crippen LogP contribution in [0.1, 0.15) is 41.4 Å². The third kappa shape index (κ3) is 3.76. The first-order chi connectivity index (χ1) is 15.1. The molecule has 1 unspecified atom stereocenters. The monoisotopic (exact) mass is 435 g/mol. The standard InChI is InChI=1S/C24H29N5OS/c1-17-8-6-7-11-29(17)24(30)21-18(2)20-22(25-16-26-23(20)31-21)28-14-12-27(13-15-28)19-9-4-3-5-10-19/h3-5,9-10,16-17H,6-8,11-15H2,1-2H3. The third-order valence-electron chi connectivity index (χ3n) is 6.67. The van der Waals surface area contributed by atoms with Gasteiger partial charge in [-0.1, -0.05) is 18.2 Å². The van der Waals surface area contributed by atoms with E-state index in [0.717, 1.165) is 72.0 Å². The number of rotatable bonds is 3. The SMILES string of the molecule is Cc1c(C(=O)N2CCCCC2C)sc2ncnc(N3CCN(c4ccccc4)CC3)c12. The fourth-order valence-corrected chi connectivity index (χ4v) is 5.94. The summed E-state index contributed by atoms with van der Waals surface area (Å²) in [6.45, 7) is 8.80. The number of fused-ring (bicyclic) bond motifs is 1. The molecule has 7 heteroatoms. The summed E-state index contributed by atoms with van der Waals surface area (Å²) < 4.78 is 0. The zero-order valence-electron chi connectivity index (χ0n) is 18.3. The zero-order chi connectivity index (χ0) is 21.4. The molecular formula is C24H29N5OS. The van der Waals surface area contributed by atoms with Gasteiger partial charge in [0.2, 0.25) is 0 Å². The van der Waals surface area contributed by atoms with Gasteiger partial charge in [0.25, 0.3) is 5.91 Å². The van der Waals surface area contributed by atoms with Gasteiger partial charge in [0.05, 0.1) is 10.3 Å². The van der Waals surface area contributed by atoms with Gasteiger partial charge in [-0.3, -0.25) is 4.79 Å². The predicted molar refractivity (Wildman–Crippen MR) is 127 cm³/mol. The first-order valence-electron chi connectivity index (χ1n) is 11.2. The summed E-state index contributed by atoms with van der Waals surface area (Å²) in [4.78, 5) is 31.1. The normalized spacial score (nSPS) is 19.8. The van der Waals surface area contributed by atoms with Crippen LogP contribution in [0, 0.1) is 6.92 Å². The van der Waals surface area contributed by atoms with E-state index in [2.05, 4.69) is 63.9 Å². The third-order valence-corrected chi connectivity index (χ3v) is 7.85. The number of thiophene rings is 1. The molecule has 1 aromatic carbocycles. The van der Waals surface area contributed by atoms with Crippen molar-refractivity contribution >= 4 is 39.0 Å². The van der Waals surface area contributed by atoms with Gasteiger partial charge in [0.1, 0.15) is 17.0 Å². The van der Waals surface area contributed by atoms with Gasteiger partial charge in [0, 0.05) is 44.5 Å². The first kappa shape index (κ1) is 20.2. The number of carbonyl (C=O) groups is 1. The molecule has 2 saturated heterocycles. The van der Waals surface area contributed by atoms with Gasteiger partial charge in [0.15, 0.2) is 0 Å². The van der Waals surface area contributed by atoms with Gasteiger partial charge in [-0.25, -0.2) is 9.97 Å². The maximum Gasteiger partial charge on any atom is 0.264 e. The van der Waals surface area contributed by atoms with Crippen LogP contribution in [0.2, 0.25) is 0 Å². The zero-order valence-corrected chi connectivity index (χ0v) is 19.1. The number of hydrogen-bond acceptors (Lipinski definition) is 6. The molecule has 1 amide bonds. The summed E-state index contributed by atoms with van der Waals surface area (Å²) in [5, 5.41) is 1.05. The highest BCUT2D eigenvalue weighted by Crippen LogP contribution is 2.36. The Hall–Kier alpha value is -2.67. The Labute approximate surface area is 187 Å². The Bertz CT molecular complexity index is 1070. The van der Waals surface area contributed by atoms with Crippen molar-refractivity contribution in [3.8, 4) is 0 Å². The molecule has 0 aliphatic carbocycles. The Kier molecular flexibility index (Phi) is 5.52. The number of likely N-dealkylation sites (tertiary alicyclic amines) is 1. The molecule has 2 aromatic heterocycles. The second-order valence-electron chi connectivity index (χ2n) is 8.59. The van der Waals surface area contributed by atoms with Crippen molar-refractivity contribution < 1.29 is 4.79 Å². The first-order valence-corrected chi connectivity index (χ1v) is 12.0. The molecule has 4 heterocycles. The van der Waals surface area contributed by atoms with E-state index in [1.165, 1.54) is 23.4 Å². The van der Waals surface area contributed by atoms with Gasteiger partial charge in [-0.15, -0.1) is 11.3 Å². The second-order valence-corrected chi connectivity index (χ2v) is 9.59. The number of benzene rings is 1. The maximum atomic E-state index is 13.4. The summed E-state index contributed by atoms with van der Waals surface area (Å²) >= 11 is 1.52. The van der Waals surface area contributed by atoms with Crippen LogP contribution in [0.4, 0.5) is 11.5 Å². The van der Waals surface area contributed by atoms with E-state index in [1.54, 1.807) is 6.33 Å². The average molecular weight is 436 g/mol. The van der Waals surface area contributed by atoms with Crippen molar-refractivity contribution in [2.45, 2.75) is 39.2 Å². The molecule has 5 rings (SSSR count). The van der Waals surface area contributed by atoms with E-state index in [4.69, 9.17) is 0 Å². The largest absolute Gasteiger partial charge is 0.368 e. The van der Waals surface area contributed by atoms with Gasteiger partial charge in [-0.2, -0.15) is 0 Å². The van der Waals surface area contributed by atoms with E-state index in [0.29, 0.717) is 6.04 Å². The van der Waals surface area contributed by atoms with Crippen LogP contribution in [0.25, 0.3) is 10.2 Å². The van der Waals surface area contributed by atoms with Crippen LogP contribution < -0.4 is 9.80 Å². The second kappa shape index (κ2) is 8.46. The van der Waals surface area contributed by atoms with Gasteiger partial charge < -0.3 is 14.7 Å². The molecule has 0 saturated carbocycles. The van der Waals surface area contributed by atoms with Crippen LogP contribution in [0.15, 0.2) is 36.7 Å². The minimum Gasteiger partial charge on any atom is -0.368 e. The number of hydrogen-bond donors (Lipinski definition) is 0. The molecular weight excluding hydrogens is 406 g/mol. The molecule has 1 atom stereocenters. The summed E-state index contributed by atoms with van der Waals surface area (Å²) in [5.41, 5.74) is 2.30. The summed E-state index contributed by atoms with van der Waals surface area (Å²) in [7, 11) is 0. The molecule has 3 aromatic rings. The number of para-hydroxylation sites is 1. The quantitative estimate of drug-likeness (QED) is 0.613. The lowest BCUT2D eigenvalue weighted by atomic mass is 10.0. The lowest BCUT2D eigenvalue weighted by Gasteiger charge is -2.37. The maximum absolute atomic E-state index is 13.4. The smallest absolute Gasteiger partial charge is 0.264 e. The predicted octanol–water partition coefficient (Wildman–Crippen LogP) is 4.34. The molecule has 0 spiro atoms. The molecule has 2 aliphatic heterocycles. The molecule has 0 radical (unpaired) electrons. The van der Waals surface area contributed by atoms with Crippen LogP contribution in [-0.2, 0) is 0 Å². The number of carbonyl (C=O) groups excluding carboxylic acids is 1. The van der Waals surface area contributed by atoms with Crippen LogP contribution in [-0.4, -0.2) is 59.5 Å². The Morgan fingerprint density at radius 3 is 2.48 bits per heavy atom. The van der Waals surface area contributed by atoms with Crippen molar-refractivity contribution in [2.24, 2.45) is 0 Å². The molecule has 31 heavy (non-hydrogen) atoms. The van der Waals surface area contributed by atoms with Crippen molar-refractivity contribution in [1.82, 2.24) is 14.9 Å². The number of piperidine rings is 1. The van der Waals surface area contributed by atoms with E-state index < -0.39 is 0 Å². The fraction of sp³-hybridized carbons (Fsp3) is 0.458. The Morgan fingerprint density at radius 1 is 1.00 bits per heavy atom. The molecule has 0 N–H and O–H groups in total. The Balaban J connectivity index is 1.41. The highest BCUT2D eigenvalue weighted by molar-refractivity contribution is 7.20. The molecule has 6 nitrogen and oxygen atoms in total. The van der Waals surface area contributed by atoms with Crippen molar-refractivity contribution in [2.75, 3.05) is 42.5 Å². The minimum absolute atomic E-state index is 0.160. The number of amides is 1. The molecule has 162 valence electrons. The molecule has 2 aliphatic rings. The lowest BCUT2D eigenvalue weighted by molar-refractivity contribution is 0.0640. The van der Waals surface area contributed by atoms with Crippen LogP contribution >= 0.6 is 11.3 Å². The van der Waals surface area contributed by atoms with E-state index in [9.17, 15) is 4.79 Å². The highest BCUT2D eigenvalue weighted by Gasteiger charge is 2.29. The molecule has 2 fully saturated rings. The highest BCUT2D eigenvalue weighted by atomic mass is 32.1. The Morgan fingerprint density at radius 2 is 1.74 bits per heavy atom. The van der Waals surface area contributed by atoms with E-state index in [-0.39, 0.29) is 5.91 Å². The fourth-order valence-electron chi connectivity index (χ4n) is 4.84. The minimum atomic E-state index is 0.160. The average Bonchev–Trinajstić information content (AvgIpc) is 3.16. The summed E-state index contributed by atoms with van der Waals surface area (Å²) in [6, 6.07) is 10.9. The number of anilines is 2. The van der Waals surface area contributed by atoms with E-state index >= 15 is 0 Å². The van der Waals surface area contributed by atoms with Gasteiger partial charge >= 0.3 is 0 Å². The van der Waals surface area contributed by atoms with Crippen molar-refractivity contribution in [3.05, 3.63) is 47.1 Å². The molecule has 0 bridgehead atoms. The topological polar surface area (TPSA) is 52.6 Å².